The second-order valence-corrected chi connectivity index (χ2v) is 5.16. The highest BCUT2D eigenvalue weighted by atomic mass is 79.9. The maximum absolute atomic E-state index is 13.6. The van der Waals surface area contributed by atoms with Crippen LogP contribution in [0.25, 0.3) is 0 Å². The van der Waals surface area contributed by atoms with E-state index < -0.39 is 5.82 Å². The van der Waals surface area contributed by atoms with E-state index in [0.717, 1.165) is 5.75 Å². The molecule has 0 aliphatic heterocycles. The van der Waals surface area contributed by atoms with Crippen LogP contribution in [0.2, 0.25) is 0 Å². The van der Waals surface area contributed by atoms with Crippen LogP contribution in [-0.4, -0.2) is 36.4 Å². The minimum absolute atomic E-state index is 0.109. The van der Waals surface area contributed by atoms with Crippen molar-refractivity contribution in [3.8, 4) is 0 Å². The zero-order chi connectivity index (χ0) is 12.1. The Labute approximate surface area is 107 Å². The van der Waals surface area contributed by atoms with Crippen LogP contribution in [0.1, 0.15) is 10.4 Å². The number of hydrogen-bond acceptors (Lipinski definition) is 2. The quantitative estimate of drug-likeness (QED) is 0.852. The molecule has 0 saturated heterocycles. The molecule has 16 heavy (non-hydrogen) atoms. The SMILES string of the molecule is CSCCN(C)C(=O)c1cccc(Br)c1F. The number of halogens is 2. The zero-order valence-corrected chi connectivity index (χ0v) is 11.6. The first kappa shape index (κ1) is 13.5. The summed E-state index contributed by atoms with van der Waals surface area (Å²) in [6.45, 7) is 0.617. The van der Waals surface area contributed by atoms with Gasteiger partial charge >= 0.3 is 0 Å². The number of amides is 1. The molecule has 0 N–H and O–H groups in total. The summed E-state index contributed by atoms with van der Waals surface area (Å²) < 4.78 is 14.0. The molecule has 0 aromatic heterocycles. The third-order valence-electron chi connectivity index (χ3n) is 2.16. The molecule has 0 heterocycles. The van der Waals surface area contributed by atoms with E-state index in [1.54, 1.807) is 30.9 Å². The molecular formula is C11H13BrFNOS. The molecule has 1 aromatic carbocycles. The Balaban J connectivity index is 2.84. The average molecular weight is 306 g/mol. The van der Waals surface area contributed by atoms with Crippen molar-refractivity contribution >= 4 is 33.6 Å². The molecule has 0 bridgehead atoms. The molecule has 0 atom stereocenters. The smallest absolute Gasteiger partial charge is 0.256 e. The molecule has 5 heteroatoms. The molecular weight excluding hydrogens is 293 g/mol. The molecule has 1 rings (SSSR count). The minimum Gasteiger partial charge on any atom is -0.341 e. The molecule has 0 unspecified atom stereocenters. The summed E-state index contributed by atoms with van der Waals surface area (Å²) in [4.78, 5) is 13.4. The van der Waals surface area contributed by atoms with Crippen LogP contribution in [0.4, 0.5) is 4.39 Å². The van der Waals surface area contributed by atoms with Gasteiger partial charge in [0.2, 0.25) is 0 Å². The Morgan fingerprint density at radius 2 is 2.25 bits per heavy atom. The third-order valence-corrected chi connectivity index (χ3v) is 3.36. The number of carbonyl (C=O) groups excluding carboxylic acids is 1. The van der Waals surface area contributed by atoms with Crippen molar-refractivity contribution < 1.29 is 9.18 Å². The lowest BCUT2D eigenvalue weighted by atomic mass is 10.2. The van der Waals surface area contributed by atoms with E-state index >= 15 is 0 Å². The molecule has 0 radical (unpaired) electrons. The van der Waals surface area contributed by atoms with Crippen LogP contribution in [0, 0.1) is 5.82 Å². The van der Waals surface area contributed by atoms with Gasteiger partial charge in [-0.2, -0.15) is 11.8 Å². The lowest BCUT2D eigenvalue weighted by molar-refractivity contribution is 0.0799. The van der Waals surface area contributed by atoms with Gasteiger partial charge in [-0.15, -0.1) is 0 Å². The van der Waals surface area contributed by atoms with Crippen LogP contribution in [0.15, 0.2) is 22.7 Å². The first-order valence-electron chi connectivity index (χ1n) is 4.76. The number of thioether (sulfide) groups is 1. The van der Waals surface area contributed by atoms with Gasteiger partial charge in [0.05, 0.1) is 10.0 Å². The Kier molecular flexibility index (Phi) is 5.28. The van der Waals surface area contributed by atoms with E-state index in [1.165, 1.54) is 11.0 Å². The molecule has 1 amide bonds. The second-order valence-electron chi connectivity index (χ2n) is 3.32. The molecule has 2 nitrogen and oxygen atoms in total. The third kappa shape index (κ3) is 3.22. The topological polar surface area (TPSA) is 20.3 Å². The predicted molar refractivity (Wildman–Crippen MR) is 69.4 cm³/mol. The molecule has 0 spiro atoms. The molecule has 0 aliphatic carbocycles. The summed E-state index contributed by atoms with van der Waals surface area (Å²) in [5.74, 6) is 0.0639. The Hall–Kier alpha value is -0.550. The van der Waals surface area contributed by atoms with E-state index in [1.807, 2.05) is 6.26 Å². The largest absolute Gasteiger partial charge is 0.341 e. The first-order valence-corrected chi connectivity index (χ1v) is 6.95. The number of rotatable bonds is 4. The lowest BCUT2D eigenvalue weighted by Gasteiger charge is -2.17. The minimum atomic E-state index is -0.497. The number of benzene rings is 1. The maximum Gasteiger partial charge on any atom is 0.256 e. The molecule has 88 valence electrons. The predicted octanol–water partition coefficient (Wildman–Crippen LogP) is 3.02. The Bertz CT molecular complexity index is 386. The normalized spacial score (nSPS) is 10.2. The van der Waals surface area contributed by atoms with Crippen molar-refractivity contribution in [2.45, 2.75) is 0 Å². The van der Waals surface area contributed by atoms with Gasteiger partial charge in [0.1, 0.15) is 5.82 Å². The van der Waals surface area contributed by atoms with Gasteiger partial charge in [-0.3, -0.25) is 4.79 Å². The summed E-state index contributed by atoms with van der Waals surface area (Å²) in [6, 6.07) is 4.73. The van der Waals surface area contributed by atoms with Gasteiger partial charge in [0.15, 0.2) is 0 Å². The summed E-state index contributed by atoms with van der Waals surface area (Å²) in [7, 11) is 1.68. The fourth-order valence-electron chi connectivity index (χ4n) is 1.20. The first-order chi connectivity index (χ1) is 7.57. The standard InChI is InChI=1S/C11H13BrFNOS/c1-14(6-7-16-2)11(15)8-4-3-5-9(12)10(8)13/h3-5H,6-7H2,1-2H3. The van der Waals surface area contributed by atoms with Crippen molar-refractivity contribution in [1.82, 2.24) is 4.90 Å². The average Bonchev–Trinajstić information content (AvgIpc) is 2.28. The maximum atomic E-state index is 13.6. The van der Waals surface area contributed by atoms with Crippen molar-refractivity contribution in [3.63, 3.8) is 0 Å². The van der Waals surface area contributed by atoms with Crippen molar-refractivity contribution in [2.75, 3.05) is 25.6 Å². The van der Waals surface area contributed by atoms with Gasteiger partial charge in [-0.25, -0.2) is 4.39 Å². The molecule has 0 aliphatic rings. The highest BCUT2D eigenvalue weighted by Gasteiger charge is 2.17. The second kappa shape index (κ2) is 6.25. The van der Waals surface area contributed by atoms with Gasteiger partial charge in [0.25, 0.3) is 5.91 Å². The summed E-state index contributed by atoms with van der Waals surface area (Å²) >= 11 is 4.72. The summed E-state index contributed by atoms with van der Waals surface area (Å²) in [5.41, 5.74) is 0.109. The van der Waals surface area contributed by atoms with Gasteiger partial charge in [-0.05, 0) is 34.3 Å². The van der Waals surface area contributed by atoms with Gasteiger partial charge in [-0.1, -0.05) is 6.07 Å². The number of hydrogen-bond donors (Lipinski definition) is 0. The molecule has 1 aromatic rings. The van der Waals surface area contributed by atoms with Crippen molar-refractivity contribution in [3.05, 3.63) is 34.1 Å². The van der Waals surface area contributed by atoms with Crippen molar-refractivity contribution in [1.29, 1.82) is 0 Å². The van der Waals surface area contributed by atoms with E-state index in [-0.39, 0.29) is 11.5 Å². The monoisotopic (exact) mass is 305 g/mol. The van der Waals surface area contributed by atoms with E-state index in [4.69, 9.17) is 0 Å². The fraction of sp³-hybridized carbons (Fsp3) is 0.364. The summed E-state index contributed by atoms with van der Waals surface area (Å²) in [5, 5.41) is 0. The molecule has 0 fully saturated rings. The number of nitrogens with zero attached hydrogens (tertiary/aromatic N) is 1. The van der Waals surface area contributed by atoms with E-state index in [9.17, 15) is 9.18 Å². The summed E-state index contributed by atoms with van der Waals surface area (Å²) in [6.07, 6.45) is 1.97. The number of carbonyl (C=O) groups is 1. The molecule has 0 saturated carbocycles. The fourth-order valence-corrected chi connectivity index (χ4v) is 2.03. The van der Waals surface area contributed by atoms with E-state index in [0.29, 0.717) is 11.0 Å². The lowest BCUT2D eigenvalue weighted by Crippen LogP contribution is -2.29. The van der Waals surface area contributed by atoms with Crippen molar-refractivity contribution in [2.24, 2.45) is 0 Å². The zero-order valence-electron chi connectivity index (χ0n) is 9.17. The van der Waals surface area contributed by atoms with E-state index in [2.05, 4.69) is 15.9 Å². The highest BCUT2D eigenvalue weighted by molar-refractivity contribution is 9.10. The van der Waals surface area contributed by atoms with Gasteiger partial charge < -0.3 is 4.90 Å². The van der Waals surface area contributed by atoms with Crippen LogP contribution in [-0.2, 0) is 0 Å². The van der Waals surface area contributed by atoms with Crippen LogP contribution < -0.4 is 0 Å². The van der Waals surface area contributed by atoms with Crippen LogP contribution >= 0.6 is 27.7 Å². The Morgan fingerprint density at radius 3 is 2.88 bits per heavy atom. The van der Waals surface area contributed by atoms with Crippen LogP contribution in [0.5, 0.6) is 0 Å². The Morgan fingerprint density at radius 1 is 1.56 bits per heavy atom. The highest BCUT2D eigenvalue weighted by Crippen LogP contribution is 2.19. The van der Waals surface area contributed by atoms with Crippen LogP contribution in [0.3, 0.4) is 0 Å². The van der Waals surface area contributed by atoms with Gasteiger partial charge in [0, 0.05) is 19.3 Å².